The van der Waals surface area contributed by atoms with Gasteiger partial charge in [-0.05, 0) is 37.8 Å². The summed E-state index contributed by atoms with van der Waals surface area (Å²) in [5, 5.41) is 6.05. The van der Waals surface area contributed by atoms with E-state index in [0.717, 1.165) is 32.2 Å². The van der Waals surface area contributed by atoms with Crippen LogP contribution in [-0.2, 0) is 14.3 Å². The fraction of sp³-hybridized carbons (Fsp3) is 0.654. The molecule has 3 heterocycles. The van der Waals surface area contributed by atoms with Gasteiger partial charge >= 0.3 is 0 Å². The van der Waals surface area contributed by atoms with Crippen molar-refractivity contribution in [2.75, 3.05) is 32.8 Å². The highest BCUT2D eigenvalue weighted by molar-refractivity contribution is 6.00. The molecule has 1 saturated carbocycles. The van der Waals surface area contributed by atoms with E-state index in [1.165, 1.54) is 13.3 Å². The number of hydrogen-bond donors (Lipinski definition) is 2. The molecule has 2 N–H and O–H groups in total. The minimum Gasteiger partial charge on any atom is -0.493 e. The molecule has 1 aliphatic carbocycles. The first-order chi connectivity index (χ1) is 17.0. The molecular formula is C26H36N4O5. The van der Waals surface area contributed by atoms with Gasteiger partial charge in [-0.1, -0.05) is 18.6 Å². The zero-order valence-corrected chi connectivity index (χ0v) is 20.4. The summed E-state index contributed by atoms with van der Waals surface area (Å²) >= 11 is 0. The van der Waals surface area contributed by atoms with Crippen LogP contribution in [0.1, 0.15) is 55.8 Å². The second kappa shape index (κ2) is 10.5. The molecule has 4 aliphatic rings. The van der Waals surface area contributed by atoms with Crippen LogP contribution in [-0.4, -0.2) is 90.6 Å². The van der Waals surface area contributed by atoms with E-state index in [2.05, 4.69) is 15.5 Å². The highest BCUT2D eigenvalue weighted by Gasteiger charge is 2.40. The lowest BCUT2D eigenvalue weighted by Crippen LogP contribution is -2.63. The van der Waals surface area contributed by atoms with E-state index in [0.29, 0.717) is 50.0 Å². The Bertz CT molecular complexity index is 951. The normalized spacial score (nSPS) is 30.6. The molecule has 3 amide bonds. The van der Waals surface area contributed by atoms with E-state index >= 15 is 0 Å². The number of amides is 3. The van der Waals surface area contributed by atoms with Gasteiger partial charge in [-0.2, -0.15) is 0 Å². The van der Waals surface area contributed by atoms with Gasteiger partial charge in [-0.25, -0.2) is 0 Å². The number of para-hydroxylation sites is 1. The number of hydrogen-bond acceptors (Lipinski definition) is 6. The third kappa shape index (κ3) is 5.30. The first-order valence-electron chi connectivity index (χ1n) is 13.0. The number of nitrogens with one attached hydrogen (secondary N) is 2. The molecular weight excluding hydrogens is 448 g/mol. The topological polar surface area (TPSA) is 100 Å². The van der Waals surface area contributed by atoms with Crippen LogP contribution in [0.25, 0.3) is 0 Å². The predicted molar refractivity (Wildman–Crippen MR) is 129 cm³/mol. The third-order valence-electron chi connectivity index (χ3n) is 7.86. The molecule has 3 fully saturated rings. The van der Waals surface area contributed by atoms with Gasteiger partial charge in [-0.15, -0.1) is 0 Å². The lowest BCUT2D eigenvalue weighted by atomic mass is 9.90. The van der Waals surface area contributed by atoms with Gasteiger partial charge < -0.3 is 25.0 Å². The number of ether oxygens (including phenoxy) is 2. The predicted octanol–water partition coefficient (Wildman–Crippen LogP) is 1.32. The minimum absolute atomic E-state index is 0.0343. The van der Waals surface area contributed by atoms with Crippen molar-refractivity contribution in [3.05, 3.63) is 29.8 Å². The third-order valence-corrected chi connectivity index (χ3v) is 7.86. The maximum absolute atomic E-state index is 13.7. The molecule has 1 aromatic rings. The highest BCUT2D eigenvalue weighted by atomic mass is 16.5. The summed E-state index contributed by atoms with van der Waals surface area (Å²) < 4.78 is 12.4. The molecule has 0 spiro atoms. The van der Waals surface area contributed by atoms with Crippen molar-refractivity contribution in [2.24, 2.45) is 0 Å². The first kappa shape index (κ1) is 24.1. The Kier molecular flexibility index (Phi) is 7.24. The molecule has 4 atom stereocenters. The standard InChI is InChI=1S/C26H36N4O5/c1-17(31)28-21-10-9-19-11-14-34-23-8-3-2-7-20(23)26(33)30-13-12-29(18-5-4-6-18)16-22(30)25(32)27-15-24(21)35-19/h2-3,7-8,18-19,21-22,24H,4-6,9-16H2,1H3,(H,27,32)(H,28,31)/t19-,21+,22-,24+/m0/s1. The van der Waals surface area contributed by atoms with Crippen LogP contribution in [0.3, 0.4) is 0 Å². The summed E-state index contributed by atoms with van der Waals surface area (Å²) in [5.41, 5.74) is 0.493. The van der Waals surface area contributed by atoms with E-state index in [1.807, 2.05) is 18.2 Å². The number of fused-ring (bicyclic) bond motifs is 4. The lowest BCUT2D eigenvalue weighted by Gasteiger charge is -2.46. The summed E-state index contributed by atoms with van der Waals surface area (Å²) in [7, 11) is 0. The van der Waals surface area contributed by atoms with Crippen molar-refractivity contribution < 1.29 is 23.9 Å². The smallest absolute Gasteiger partial charge is 0.258 e. The largest absolute Gasteiger partial charge is 0.493 e. The van der Waals surface area contributed by atoms with Gasteiger partial charge in [-0.3, -0.25) is 19.3 Å². The molecule has 3 aliphatic heterocycles. The van der Waals surface area contributed by atoms with Crippen molar-refractivity contribution >= 4 is 17.7 Å². The molecule has 2 saturated heterocycles. The van der Waals surface area contributed by atoms with Crippen LogP contribution in [0.5, 0.6) is 5.75 Å². The Morgan fingerprint density at radius 3 is 2.69 bits per heavy atom. The molecule has 0 aromatic heterocycles. The minimum atomic E-state index is -0.591. The van der Waals surface area contributed by atoms with Gasteiger partial charge in [0.25, 0.3) is 5.91 Å². The number of carbonyl (C=O) groups excluding carboxylic acids is 3. The van der Waals surface area contributed by atoms with E-state index in [1.54, 1.807) is 11.0 Å². The van der Waals surface area contributed by atoms with Gasteiger partial charge in [0.2, 0.25) is 11.8 Å². The Morgan fingerprint density at radius 1 is 1.09 bits per heavy atom. The number of piperazine rings is 1. The fourth-order valence-corrected chi connectivity index (χ4v) is 5.69. The Hall–Kier alpha value is -2.65. The molecule has 35 heavy (non-hydrogen) atoms. The zero-order valence-electron chi connectivity index (χ0n) is 20.4. The fourth-order valence-electron chi connectivity index (χ4n) is 5.69. The first-order valence-corrected chi connectivity index (χ1v) is 13.0. The molecule has 0 unspecified atom stereocenters. The summed E-state index contributed by atoms with van der Waals surface area (Å²) in [6.45, 7) is 4.00. The molecule has 9 nitrogen and oxygen atoms in total. The second-order valence-electron chi connectivity index (χ2n) is 10.2. The van der Waals surface area contributed by atoms with Gasteiger partial charge in [0, 0.05) is 45.6 Å². The Labute approximate surface area is 206 Å². The summed E-state index contributed by atoms with van der Waals surface area (Å²) in [4.78, 5) is 43.0. The van der Waals surface area contributed by atoms with Crippen LogP contribution in [0.15, 0.2) is 24.3 Å². The number of nitrogens with zero attached hydrogens (tertiary/aromatic N) is 2. The van der Waals surface area contributed by atoms with E-state index < -0.39 is 6.04 Å². The van der Waals surface area contributed by atoms with Crippen LogP contribution < -0.4 is 15.4 Å². The zero-order chi connectivity index (χ0) is 24.4. The van der Waals surface area contributed by atoms with Gasteiger partial charge in [0.1, 0.15) is 11.8 Å². The van der Waals surface area contributed by atoms with E-state index in [9.17, 15) is 14.4 Å². The SMILES string of the molecule is CC(=O)N[C@@H]1CC[C@H]2CCOc3ccccc3C(=O)N3CCN(C4CCC4)C[C@H]3C(=O)NC[C@H]1O2. The van der Waals surface area contributed by atoms with Crippen molar-refractivity contribution in [2.45, 2.75) is 75.8 Å². The van der Waals surface area contributed by atoms with Crippen molar-refractivity contribution in [1.82, 2.24) is 20.4 Å². The van der Waals surface area contributed by atoms with Crippen LogP contribution in [0.4, 0.5) is 0 Å². The average molecular weight is 485 g/mol. The molecule has 190 valence electrons. The molecule has 1 aromatic carbocycles. The Balaban J connectivity index is 1.42. The Morgan fingerprint density at radius 2 is 1.91 bits per heavy atom. The summed E-state index contributed by atoms with van der Waals surface area (Å²) in [6.07, 6.45) is 5.40. The highest BCUT2D eigenvalue weighted by Crippen LogP contribution is 2.29. The second-order valence-corrected chi connectivity index (χ2v) is 10.2. The van der Waals surface area contributed by atoms with Gasteiger partial charge in [0.15, 0.2) is 0 Å². The van der Waals surface area contributed by atoms with Gasteiger partial charge in [0.05, 0.1) is 30.4 Å². The van der Waals surface area contributed by atoms with E-state index in [-0.39, 0.29) is 36.0 Å². The quantitative estimate of drug-likeness (QED) is 0.657. The average Bonchev–Trinajstić information content (AvgIpc) is 2.82. The number of rotatable bonds is 2. The molecule has 9 heteroatoms. The number of carbonyl (C=O) groups is 3. The summed E-state index contributed by atoms with van der Waals surface area (Å²) in [6, 6.07) is 7.04. The van der Waals surface area contributed by atoms with Crippen LogP contribution in [0.2, 0.25) is 0 Å². The molecule has 5 rings (SSSR count). The number of benzene rings is 1. The molecule has 2 bridgehead atoms. The van der Waals surface area contributed by atoms with Crippen molar-refractivity contribution in [3.8, 4) is 5.75 Å². The van der Waals surface area contributed by atoms with E-state index in [4.69, 9.17) is 9.47 Å². The van der Waals surface area contributed by atoms with Crippen molar-refractivity contribution in [3.63, 3.8) is 0 Å². The van der Waals surface area contributed by atoms with Crippen molar-refractivity contribution in [1.29, 1.82) is 0 Å². The maximum atomic E-state index is 13.7. The summed E-state index contributed by atoms with van der Waals surface area (Å²) in [5.74, 6) is 0.0882. The van der Waals surface area contributed by atoms with Crippen LogP contribution >= 0.6 is 0 Å². The maximum Gasteiger partial charge on any atom is 0.258 e. The monoisotopic (exact) mass is 484 g/mol. The van der Waals surface area contributed by atoms with Crippen LogP contribution in [0, 0.1) is 0 Å². The molecule has 0 radical (unpaired) electrons. The lowest BCUT2D eigenvalue weighted by molar-refractivity contribution is -0.131.